The summed E-state index contributed by atoms with van der Waals surface area (Å²) in [4.78, 5) is 7.08. The second-order valence-corrected chi connectivity index (χ2v) is 6.38. The standard InChI is InChI=1S/C17H30N4O.HI/c1-5-18-16(19-14-17(8-9-17)10-12-22-4)21(3)13-15-7-6-11-20(15)2;/h6-7,11H,5,8-10,12-14H2,1-4H3,(H,18,19);1H. The van der Waals surface area contributed by atoms with Crippen LogP contribution in [0, 0.1) is 5.41 Å². The van der Waals surface area contributed by atoms with E-state index < -0.39 is 0 Å². The number of hydrogen-bond donors (Lipinski definition) is 1. The number of aryl methyl sites for hydroxylation is 1. The Bertz CT molecular complexity index is 497. The zero-order valence-electron chi connectivity index (χ0n) is 14.8. The molecule has 1 aliphatic carbocycles. The Morgan fingerprint density at radius 3 is 2.74 bits per heavy atom. The number of hydrogen-bond acceptors (Lipinski definition) is 2. The van der Waals surface area contributed by atoms with Crippen molar-refractivity contribution in [3.8, 4) is 0 Å². The van der Waals surface area contributed by atoms with Crippen molar-refractivity contribution in [3.63, 3.8) is 0 Å². The maximum Gasteiger partial charge on any atom is 0.194 e. The summed E-state index contributed by atoms with van der Waals surface area (Å²) in [6, 6.07) is 4.23. The van der Waals surface area contributed by atoms with Crippen LogP contribution >= 0.6 is 24.0 Å². The van der Waals surface area contributed by atoms with Gasteiger partial charge in [-0.3, -0.25) is 4.99 Å². The second-order valence-electron chi connectivity index (χ2n) is 6.38. The smallest absolute Gasteiger partial charge is 0.194 e. The van der Waals surface area contributed by atoms with Crippen LogP contribution in [0.25, 0.3) is 0 Å². The molecule has 23 heavy (non-hydrogen) atoms. The average Bonchev–Trinajstić information content (AvgIpc) is 3.18. The van der Waals surface area contributed by atoms with Gasteiger partial charge in [0.1, 0.15) is 0 Å². The first-order chi connectivity index (χ1) is 10.6. The van der Waals surface area contributed by atoms with Gasteiger partial charge in [0.2, 0.25) is 0 Å². The molecule has 132 valence electrons. The molecule has 6 heteroatoms. The van der Waals surface area contributed by atoms with Crippen LogP contribution in [0.4, 0.5) is 0 Å². The highest BCUT2D eigenvalue weighted by Gasteiger charge is 2.41. The van der Waals surface area contributed by atoms with Crippen LogP contribution in [0.3, 0.4) is 0 Å². The number of guanidine groups is 1. The molecule has 0 spiro atoms. The quantitative estimate of drug-likeness (QED) is 0.389. The van der Waals surface area contributed by atoms with Gasteiger partial charge < -0.3 is 19.5 Å². The molecule has 1 aromatic heterocycles. The summed E-state index contributed by atoms with van der Waals surface area (Å²) in [5.41, 5.74) is 1.68. The zero-order chi connectivity index (χ0) is 16.0. The number of halogens is 1. The van der Waals surface area contributed by atoms with Gasteiger partial charge in [-0.05, 0) is 43.7 Å². The maximum absolute atomic E-state index is 5.23. The summed E-state index contributed by atoms with van der Waals surface area (Å²) in [7, 11) is 5.96. The van der Waals surface area contributed by atoms with E-state index in [4.69, 9.17) is 9.73 Å². The average molecular weight is 434 g/mol. The third-order valence-electron chi connectivity index (χ3n) is 4.50. The van der Waals surface area contributed by atoms with E-state index in [0.29, 0.717) is 5.41 Å². The van der Waals surface area contributed by atoms with Gasteiger partial charge in [-0.1, -0.05) is 0 Å². The summed E-state index contributed by atoms with van der Waals surface area (Å²) < 4.78 is 7.38. The maximum atomic E-state index is 5.23. The molecule has 0 atom stereocenters. The highest BCUT2D eigenvalue weighted by molar-refractivity contribution is 14.0. The molecule has 5 nitrogen and oxygen atoms in total. The van der Waals surface area contributed by atoms with Crippen molar-refractivity contribution in [1.82, 2.24) is 14.8 Å². The number of methoxy groups -OCH3 is 1. The van der Waals surface area contributed by atoms with Crippen molar-refractivity contribution < 1.29 is 4.74 Å². The molecule has 1 aliphatic rings. The molecular formula is C17H31IN4O. The van der Waals surface area contributed by atoms with Crippen molar-refractivity contribution in [2.45, 2.75) is 32.7 Å². The summed E-state index contributed by atoms with van der Waals surface area (Å²) in [5, 5.41) is 3.41. The number of ether oxygens (including phenoxy) is 1. The minimum atomic E-state index is 0. The fourth-order valence-electron chi connectivity index (χ4n) is 2.67. The molecule has 0 saturated heterocycles. The van der Waals surface area contributed by atoms with Gasteiger partial charge in [-0.15, -0.1) is 24.0 Å². The van der Waals surface area contributed by atoms with Gasteiger partial charge in [0.05, 0.1) is 6.54 Å². The Kier molecular flexibility index (Phi) is 8.39. The van der Waals surface area contributed by atoms with Crippen molar-refractivity contribution in [3.05, 3.63) is 24.0 Å². The number of nitrogens with zero attached hydrogens (tertiary/aromatic N) is 3. The molecule has 1 N–H and O–H groups in total. The van der Waals surface area contributed by atoms with Crippen LogP contribution in [0.1, 0.15) is 31.9 Å². The number of nitrogens with one attached hydrogen (secondary N) is 1. The molecule has 0 aliphatic heterocycles. The summed E-state index contributed by atoms with van der Waals surface area (Å²) >= 11 is 0. The molecule has 1 heterocycles. The predicted molar refractivity (Wildman–Crippen MR) is 106 cm³/mol. The molecular weight excluding hydrogens is 403 g/mol. The van der Waals surface area contributed by atoms with Gasteiger partial charge in [0, 0.05) is 52.8 Å². The van der Waals surface area contributed by atoms with E-state index in [1.54, 1.807) is 7.11 Å². The van der Waals surface area contributed by atoms with Gasteiger partial charge >= 0.3 is 0 Å². The molecule has 0 radical (unpaired) electrons. The lowest BCUT2D eigenvalue weighted by Gasteiger charge is -2.23. The van der Waals surface area contributed by atoms with Crippen LogP contribution in [-0.4, -0.2) is 49.3 Å². The normalized spacial score (nSPS) is 15.9. The van der Waals surface area contributed by atoms with E-state index in [1.165, 1.54) is 18.5 Å². The second kappa shape index (κ2) is 9.52. The Labute approximate surface area is 157 Å². The number of aromatic nitrogens is 1. The first-order valence-corrected chi connectivity index (χ1v) is 8.19. The van der Waals surface area contributed by atoms with Gasteiger partial charge in [0.15, 0.2) is 5.96 Å². The largest absolute Gasteiger partial charge is 0.385 e. The highest BCUT2D eigenvalue weighted by Crippen LogP contribution is 2.49. The lowest BCUT2D eigenvalue weighted by atomic mass is 10.0. The Balaban J connectivity index is 0.00000264. The third-order valence-corrected chi connectivity index (χ3v) is 4.50. The summed E-state index contributed by atoms with van der Waals surface area (Å²) in [6.07, 6.45) is 5.76. The highest BCUT2D eigenvalue weighted by atomic mass is 127. The minimum absolute atomic E-state index is 0. The summed E-state index contributed by atoms with van der Waals surface area (Å²) in [6.45, 7) is 5.60. The lowest BCUT2D eigenvalue weighted by molar-refractivity contribution is 0.174. The lowest BCUT2D eigenvalue weighted by Crippen LogP contribution is -2.39. The van der Waals surface area contributed by atoms with E-state index in [1.807, 2.05) is 0 Å². The third kappa shape index (κ3) is 5.99. The summed E-state index contributed by atoms with van der Waals surface area (Å²) in [5.74, 6) is 0.993. The fraction of sp³-hybridized carbons (Fsp3) is 0.706. The topological polar surface area (TPSA) is 41.8 Å². The van der Waals surface area contributed by atoms with Crippen LogP contribution in [0.2, 0.25) is 0 Å². The van der Waals surface area contributed by atoms with E-state index in [0.717, 1.165) is 38.6 Å². The molecule has 0 bridgehead atoms. The minimum Gasteiger partial charge on any atom is -0.385 e. The fourth-order valence-corrected chi connectivity index (χ4v) is 2.67. The van der Waals surface area contributed by atoms with E-state index in [9.17, 15) is 0 Å². The van der Waals surface area contributed by atoms with Crippen molar-refractivity contribution in [2.24, 2.45) is 17.5 Å². The predicted octanol–water partition coefficient (Wildman–Crippen LogP) is 2.86. The molecule has 0 aromatic carbocycles. The van der Waals surface area contributed by atoms with E-state index in [-0.39, 0.29) is 24.0 Å². The zero-order valence-corrected chi connectivity index (χ0v) is 17.2. The molecule has 1 fully saturated rings. The van der Waals surface area contributed by atoms with E-state index in [2.05, 4.69) is 54.1 Å². The van der Waals surface area contributed by atoms with E-state index >= 15 is 0 Å². The molecule has 0 amide bonds. The first-order valence-electron chi connectivity index (χ1n) is 8.19. The van der Waals surface area contributed by atoms with Crippen LogP contribution in [0.15, 0.2) is 23.3 Å². The molecule has 1 aromatic rings. The molecule has 2 rings (SSSR count). The van der Waals surface area contributed by atoms with Crippen LogP contribution in [0.5, 0.6) is 0 Å². The number of aliphatic imine (C=N–C) groups is 1. The monoisotopic (exact) mass is 434 g/mol. The molecule has 1 saturated carbocycles. The van der Waals surface area contributed by atoms with Crippen molar-refractivity contribution in [2.75, 3.05) is 33.9 Å². The van der Waals surface area contributed by atoms with Crippen LogP contribution < -0.4 is 5.32 Å². The Hall–Kier alpha value is -0.760. The van der Waals surface area contributed by atoms with Gasteiger partial charge in [-0.25, -0.2) is 0 Å². The van der Waals surface area contributed by atoms with Crippen molar-refractivity contribution in [1.29, 1.82) is 0 Å². The number of rotatable bonds is 8. The Morgan fingerprint density at radius 2 is 2.22 bits per heavy atom. The first kappa shape index (κ1) is 20.3. The molecule has 0 unspecified atom stereocenters. The Morgan fingerprint density at radius 1 is 1.48 bits per heavy atom. The van der Waals surface area contributed by atoms with Gasteiger partial charge in [-0.2, -0.15) is 0 Å². The SMILES string of the molecule is CCNC(=NCC1(CCOC)CC1)N(C)Cc1cccn1C.I. The van der Waals surface area contributed by atoms with Crippen molar-refractivity contribution >= 4 is 29.9 Å². The van der Waals surface area contributed by atoms with Gasteiger partial charge in [0.25, 0.3) is 0 Å². The van der Waals surface area contributed by atoms with Crippen LogP contribution in [-0.2, 0) is 18.3 Å².